The van der Waals surface area contributed by atoms with E-state index in [-0.39, 0.29) is 17.4 Å². The summed E-state index contributed by atoms with van der Waals surface area (Å²) in [5.74, 6) is -1.40. The molecule has 0 unspecified atom stereocenters. The van der Waals surface area contributed by atoms with Gasteiger partial charge >= 0.3 is 11.9 Å². The summed E-state index contributed by atoms with van der Waals surface area (Å²) in [5.41, 5.74) is 4.75. The van der Waals surface area contributed by atoms with E-state index >= 15 is 0 Å². The van der Waals surface area contributed by atoms with Crippen molar-refractivity contribution in [2.24, 2.45) is 0 Å². The highest BCUT2D eigenvalue weighted by atomic mass is 16.5. The molecule has 196 valence electrons. The second-order valence-electron chi connectivity index (χ2n) is 9.06. The van der Waals surface area contributed by atoms with E-state index < -0.39 is 11.9 Å². The number of nitriles is 2. The molecule has 4 aromatic heterocycles. The van der Waals surface area contributed by atoms with Gasteiger partial charge in [-0.2, -0.15) is 20.7 Å². The number of aromatic carboxylic acids is 1. The van der Waals surface area contributed by atoms with E-state index in [0.717, 1.165) is 5.56 Å². The Bertz CT molecular complexity index is 1630. The third-order valence-corrected chi connectivity index (χ3v) is 5.82. The van der Waals surface area contributed by atoms with Crippen molar-refractivity contribution in [1.82, 2.24) is 29.2 Å². The molecule has 4 aromatic rings. The van der Waals surface area contributed by atoms with Crippen LogP contribution >= 0.6 is 0 Å². The van der Waals surface area contributed by atoms with Crippen molar-refractivity contribution >= 4 is 23.2 Å². The van der Waals surface area contributed by atoms with Crippen LogP contribution in [0.3, 0.4) is 0 Å². The number of nitrogens with zero attached hydrogens (tertiary/aromatic N) is 8. The lowest BCUT2D eigenvalue weighted by Crippen LogP contribution is -2.13. The van der Waals surface area contributed by atoms with Gasteiger partial charge in [-0.25, -0.2) is 28.6 Å². The molecule has 0 aliphatic heterocycles. The zero-order valence-corrected chi connectivity index (χ0v) is 22.3. The summed E-state index contributed by atoms with van der Waals surface area (Å²) < 4.78 is 7.93. The van der Waals surface area contributed by atoms with Crippen LogP contribution in [0.4, 0.5) is 0 Å². The van der Waals surface area contributed by atoms with E-state index in [2.05, 4.69) is 26.2 Å². The molecule has 12 heteroatoms. The van der Waals surface area contributed by atoms with Gasteiger partial charge in [-0.3, -0.25) is 0 Å². The monoisotopic (exact) mass is 516 g/mol. The molecule has 0 saturated carbocycles. The summed E-state index contributed by atoms with van der Waals surface area (Å²) in [4.78, 5) is 31.8. The summed E-state index contributed by atoms with van der Waals surface area (Å²) in [6, 6.07) is 4.10. The van der Waals surface area contributed by atoms with E-state index in [1.165, 1.54) is 21.4 Å². The minimum Gasteiger partial charge on any atom is -0.478 e. The van der Waals surface area contributed by atoms with E-state index in [0.29, 0.717) is 51.8 Å². The predicted molar refractivity (Wildman–Crippen MR) is 136 cm³/mol. The van der Waals surface area contributed by atoms with Gasteiger partial charge in [-0.1, -0.05) is 27.7 Å². The number of esters is 1. The Labute approximate surface area is 219 Å². The Morgan fingerprint density at radius 3 is 1.68 bits per heavy atom. The Morgan fingerprint density at radius 2 is 1.32 bits per heavy atom. The lowest BCUT2D eigenvalue weighted by Gasteiger charge is -2.12. The highest BCUT2D eigenvalue weighted by molar-refractivity contribution is 5.93. The Balaban J connectivity index is 0.000000212. The van der Waals surface area contributed by atoms with Crippen LogP contribution in [0.25, 0.3) is 11.3 Å². The maximum Gasteiger partial charge on any atom is 0.340 e. The molecule has 0 aliphatic rings. The normalized spacial score (nSPS) is 10.8. The number of carbonyl (C=O) groups excluding carboxylic acids is 1. The summed E-state index contributed by atoms with van der Waals surface area (Å²) in [6.45, 7) is 13.2. The summed E-state index contributed by atoms with van der Waals surface area (Å²) >= 11 is 0. The number of imidazole rings is 2. The SMILES string of the molecule is CCOC(=O)c1cnn2c(C#N)c(C)nc2c1C(C)C.Cc1nc2c(C(C)C)c(C(=O)O)cnn2c1C#N. The number of hydrogen-bond acceptors (Lipinski definition) is 9. The molecule has 1 N–H and O–H groups in total. The predicted octanol–water partition coefficient (Wildman–Crippen LogP) is 3.94. The van der Waals surface area contributed by atoms with Crippen molar-refractivity contribution in [3.63, 3.8) is 0 Å². The van der Waals surface area contributed by atoms with Gasteiger partial charge < -0.3 is 9.84 Å². The van der Waals surface area contributed by atoms with Crippen molar-refractivity contribution in [1.29, 1.82) is 10.5 Å². The lowest BCUT2D eigenvalue weighted by molar-refractivity contribution is 0.0523. The van der Waals surface area contributed by atoms with Crippen molar-refractivity contribution < 1.29 is 19.4 Å². The fourth-order valence-corrected chi connectivity index (χ4v) is 4.16. The molecule has 0 radical (unpaired) electrons. The van der Waals surface area contributed by atoms with Crippen LogP contribution in [0, 0.1) is 36.5 Å². The molecule has 0 spiro atoms. The first-order chi connectivity index (χ1) is 18.0. The van der Waals surface area contributed by atoms with Gasteiger partial charge in [0.15, 0.2) is 22.7 Å². The molecule has 4 rings (SSSR count). The molecule has 0 atom stereocenters. The molecule has 0 fully saturated rings. The highest BCUT2D eigenvalue weighted by Gasteiger charge is 2.23. The van der Waals surface area contributed by atoms with Crippen molar-refractivity contribution in [2.45, 2.75) is 60.3 Å². The van der Waals surface area contributed by atoms with Crippen LogP contribution in [-0.2, 0) is 4.74 Å². The van der Waals surface area contributed by atoms with Crippen molar-refractivity contribution in [3.8, 4) is 12.1 Å². The first-order valence-electron chi connectivity index (χ1n) is 11.9. The zero-order valence-electron chi connectivity index (χ0n) is 22.3. The molecular weight excluding hydrogens is 488 g/mol. The summed E-state index contributed by atoms with van der Waals surface area (Å²) in [5, 5.41) is 35.5. The molecule has 38 heavy (non-hydrogen) atoms. The second kappa shape index (κ2) is 11.0. The molecule has 12 nitrogen and oxygen atoms in total. The fraction of sp³-hybridized carbons (Fsp3) is 0.385. The first-order valence-corrected chi connectivity index (χ1v) is 11.9. The number of fused-ring (bicyclic) bond motifs is 2. The van der Waals surface area contributed by atoms with Crippen LogP contribution in [0.5, 0.6) is 0 Å². The highest BCUT2D eigenvalue weighted by Crippen LogP contribution is 2.26. The topological polar surface area (TPSA) is 172 Å². The number of aryl methyl sites for hydroxylation is 2. The quantitative estimate of drug-likeness (QED) is 0.383. The van der Waals surface area contributed by atoms with Gasteiger partial charge in [0.2, 0.25) is 0 Å². The number of carboxylic acid groups (broad SMARTS) is 1. The van der Waals surface area contributed by atoms with Crippen molar-refractivity contribution in [2.75, 3.05) is 6.61 Å². The number of carbonyl (C=O) groups is 2. The smallest absolute Gasteiger partial charge is 0.340 e. The van der Waals surface area contributed by atoms with Crippen LogP contribution in [0.2, 0.25) is 0 Å². The molecule has 0 aromatic carbocycles. The van der Waals surface area contributed by atoms with E-state index in [4.69, 9.17) is 20.4 Å². The average Bonchev–Trinajstić information content (AvgIpc) is 3.36. The van der Waals surface area contributed by atoms with Gasteiger partial charge in [0.05, 0.1) is 41.5 Å². The minimum absolute atomic E-state index is 0.0186. The van der Waals surface area contributed by atoms with Crippen LogP contribution in [0.1, 0.15) is 101 Å². The molecular formula is C26H28N8O4. The summed E-state index contributed by atoms with van der Waals surface area (Å²) in [7, 11) is 0. The maximum absolute atomic E-state index is 12.0. The number of hydrogen-bond donors (Lipinski definition) is 1. The lowest BCUT2D eigenvalue weighted by atomic mass is 10.00. The third kappa shape index (κ3) is 4.89. The summed E-state index contributed by atoms with van der Waals surface area (Å²) in [6.07, 6.45) is 2.72. The number of rotatable bonds is 5. The molecule has 4 heterocycles. The number of ether oxygens (including phenoxy) is 1. The minimum atomic E-state index is -1.03. The van der Waals surface area contributed by atoms with Gasteiger partial charge in [-0.15, -0.1) is 0 Å². The number of carboxylic acids is 1. The maximum atomic E-state index is 12.0. The van der Waals surface area contributed by atoms with Crippen LogP contribution < -0.4 is 0 Å². The number of aromatic nitrogens is 6. The van der Waals surface area contributed by atoms with Crippen molar-refractivity contribution in [3.05, 3.63) is 57.4 Å². The van der Waals surface area contributed by atoms with E-state index in [1.807, 2.05) is 33.8 Å². The van der Waals surface area contributed by atoms with Gasteiger partial charge in [0.1, 0.15) is 12.1 Å². The zero-order chi connectivity index (χ0) is 28.3. The molecule has 0 amide bonds. The molecule has 0 saturated heterocycles. The van der Waals surface area contributed by atoms with Gasteiger partial charge in [0, 0.05) is 11.1 Å². The average molecular weight is 517 g/mol. The second-order valence-corrected chi connectivity index (χ2v) is 9.06. The van der Waals surface area contributed by atoms with E-state index in [9.17, 15) is 9.59 Å². The fourth-order valence-electron chi connectivity index (χ4n) is 4.16. The Hall–Kier alpha value is -4.84. The van der Waals surface area contributed by atoms with Crippen LogP contribution in [0.15, 0.2) is 12.4 Å². The van der Waals surface area contributed by atoms with E-state index in [1.54, 1.807) is 20.8 Å². The Kier molecular flexibility index (Phi) is 8.07. The first kappa shape index (κ1) is 27.7. The van der Waals surface area contributed by atoms with Gasteiger partial charge in [0.25, 0.3) is 0 Å². The van der Waals surface area contributed by atoms with Gasteiger partial charge in [-0.05, 0) is 32.6 Å². The standard InChI is InChI=1S/C14H16N4O2.C12H12N4O2/c1-5-20-14(19)10-7-16-18-11(6-15)9(4)17-13(18)12(10)8(2)3;1-6(2)10-8(12(17)18)5-14-16-9(4-13)7(3)15-11(10)16/h7-8H,5H2,1-4H3;5-6H,1-3H3,(H,17,18). The third-order valence-electron chi connectivity index (χ3n) is 5.82. The molecule has 0 aliphatic carbocycles. The largest absolute Gasteiger partial charge is 0.478 e. The van der Waals surface area contributed by atoms with Crippen LogP contribution in [-0.4, -0.2) is 52.8 Å². The Morgan fingerprint density at radius 1 is 0.895 bits per heavy atom. The molecule has 0 bridgehead atoms.